The van der Waals surface area contributed by atoms with E-state index in [1.54, 1.807) is 0 Å². The first kappa shape index (κ1) is 16.6. The summed E-state index contributed by atoms with van der Waals surface area (Å²) in [4.78, 5) is 0. The minimum absolute atomic E-state index is 0. The van der Waals surface area contributed by atoms with Gasteiger partial charge in [-0.25, -0.2) is 0 Å². The Labute approximate surface area is 134 Å². The standard InChI is InChI=1S/C15H24.Nd/c1-2-3-4-5-6-7-9-12-15-13-10-8-11-14-15;/h8,10-11,13-14H,2-7,9,12H2,1H3;. The Morgan fingerprint density at radius 3 is 1.94 bits per heavy atom. The predicted molar refractivity (Wildman–Crippen MR) is 68.1 cm³/mol. The van der Waals surface area contributed by atoms with Gasteiger partial charge in [-0.05, 0) is 18.4 Å². The summed E-state index contributed by atoms with van der Waals surface area (Å²) in [6, 6.07) is 10.8. The summed E-state index contributed by atoms with van der Waals surface area (Å²) in [5.74, 6) is 0. The summed E-state index contributed by atoms with van der Waals surface area (Å²) in [5.41, 5.74) is 1.49. The third-order valence-electron chi connectivity index (χ3n) is 2.91. The molecule has 0 aliphatic heterocycles. The number of aryl methyl sites for hydroxylation is 1. The Morgan fingerprint density at radius 1 is 0.750 bits per heavy atom. The summed E-state index contributed by atoms with van der Waals surface area (Å²) in [6.07, 6.45) is 11.1. The normalized spacial score (nSPS) is 9.81. The molecule has 16 heavy (non-hydrogen) atoms. The quantitative estimate of drug-likeness (QED) is 0.581. The van der Waals surface area contributed by atoms with E-state index in [9.17, 15) is 0 Å². The van der Waals surface area contributed by atoms with E-state index in [1.807, 2.05) is 0 Å². The topological polar surface area (TPSA) is 0 Å². The number of benzene rings is 1. The fraction of sp³-hybridized carbons (Fsp3) is 0.600. The average molecular weight is 349 g/mol. The maximum Gasteiger partial charge on any atom is 0 e. The van der Waals surface area contributed by atoms with Crippen LogP contribution >= 0.6 is 0 Å². The predicted octanol–water partition coefficient (Wildman–Crippen LogP) is 4.98. The average Bonchev–Trinajstić information content (AvgIpc) is 2.29. The molecule has 0 saturated heterocycles. The molecule has 1 rings (SSSR count). The van der Waals surface area contributed by atoms with Crippen molar-refractivity contribution in [1.29, 1.82) is 0 Å². The van der Waals surface area contributed by atoms with Crippen LogP contribution in [0, 0.1) is 40.8 Å². The van der Waals surface area contributed by atoms with Crippen molar-refractivity contribution in [2.75, 3.05) is 0 Å². The second kappa shape index (κ2) is 12.0. The van der Waals surface area contributed by atoms with Crippen LogP contribution in [0.1, 0.15) is 57.4 Å². The Bertz CT molecular complexity index is 230. The molecule has 0 N–H and O–H groups in total. The Morgan fingerprint density at radius 2 is 1.31 bits per heavy atom. The van der Waals surface area contributed by atoms with E-state index in [4.69, 9.17) is 0 Å². The van der Waals surface area contributed by atoms with Gasteiger partial charge in [0.25, 0.3) is 0 Å². The molecule has 0 aromatic heterocycles. The molecule has 0 amide bonds. The van der Waals surface area contributed by atoms with Crippen LogP contribution in [-0.4, -0.2) is 0 Å². The van der Waals surface area contributed by atoms with Crippen molar-refractivity contribution in [2.45, 2.75) is 58.3 Å². The van der Waals surface area contributed by atoms with Crippen LogP contribution in [0.15, 0.2) is 30.3 Å². The first-order chi connectivity index (χ1) is 7.43. The zero-order valence-corrected chi connectivity index (χ0v) is 13.8. The molecule has 0 heterocycles. The van der Waals surface area contributed by atoms with E-state index in [-0.39, 0.29) is 40.8 Å². The van der Waals surface area contributed by atoms with Gasteiger partial charge in [-0.3, -0.25) is 0 Å². The summed E-state index contributed by atoms with van der Waals surface area (Å²) in [5, 5.41) is 0. The molecule has 0 unspecified atom stereocenters. The smallest absolute Gasteiger partial charge is 0 e. The van der Waals surface area contributed by atoms with E-state index >= 15 is 0 Å². The molecule has 0 aliphatic carbocycles. The molecular formula is C15H24Nd. The molecule has 1 aromatic rings. The van der Waals surface area contributed by atoms with Gasteiger partial charge in [-0.15, -0.1) is 0 Å². The fourth-order valence-corrected chi connectivity index (χ4v) is 1.93. The Kier molecular flexibility index (Phi) is 12.5. The molecule has 0 aliphatic rings. The van der Waals surface area contributed by atoms with Gasteiger partial charge < -0.3 is 0 Å². The zero-order chi connectivity index (χ0) is 10.8. The summed E-state index contributed by atoms with van der Waals surface area (Å²) in [7, 11) is 0. The monoisotopic (exact) mass is 346 g/mol. The summed E-state index contributed by atoms with van der Waals surface area (Å²) in [6.45, 7) is 2.27. The zero-order valence-electron chi connectivity index (χ0n) is 10.5. The van der Waals surface area contributed by atoms with Crippen molar-refractivity contribution in [1.82, 2.24) is 0 Å². The van der Waals surface area contributed by atoms with E-state index in [2.05, 4.69) is 37.3 Å². The van der Waals surface area contributed by atoms with Crippen LogP contribution in [0.3, 0.4) is 0 Å². The van der Waals surface area contributed by atoms with Crippen molar-refractivity contribution < 1.29 is 40.8 Å². The summed E-state index contributed by atoms with van der Waals surface area (Å²) >= 11 is 0. The van der Waals surface area contributed by atoms with Gasteiger partial charge in [-0.2, -0.15) is 0 Å². The van der Waals surface area contributed by atoms with Crippen molar-refractivity contribution >= 4 is 0 Å². The van der Waals surface area contributed by atoms with E-state index < -0.39 is 0 Å². The number of hydrogen-bond acceptors (Lipinski definition) is 0. The second-order valence-corrected chi connectivity index (χ2v) is 4.36. The van der Waals surface area contributed by atoms with Crippen molar-refractivity contribution in [2.24, 2.45) is 0 Å². The van der Waals surface area contributed by atoms with E-state index in [0.29, 0.717) is 0 Å². The van der Waals surface area contributed by atoms with Crippen molar-refractivity contribution in [3.63, 3.8) is 0 Å². The molecular weight excluding hydrogens is 324 g/mol. The second-order valence-electron chi connectivity index (χ2n) is 4.36. The SMILES string of the molecule is CCCCCCCCCc1ccccc1.[Nd]. The van der Waals surface area contributed by atoms with E-state index in [1.165, 1.54) is 56.9 Å². The van der Waals surface area contributed by atoms with Crippen LogP contribution in [0.25, 0.3) is 0 Å². The van der Waals surface area contributed by atoms with Crippen LogP contribution in [-0.2, 0) is 6.42 Å². The maximum atomic E-state index is 2.27. The van der Waals surface area contributed by atoms with Gasteiger partial charge in [-0.1, -0.05) is 75.8 Å². The fourth-order valence-electron chi connectivity index (χ4n) is 1.93. The van der Waals surface area contributed by atoms with Gasteiger partial charge >= 0.3 is 0 Å². The molecule has 0 fully saturated rings. The van der Waals surface area contributed by atoms with Gasteiger partial charge in [0.1, 0.15) is 0 Å². The number of hydrogen-bond donors (Lipinski definition) is 0. The Balaban J connectivity index is 0.00000225. The molecule has 1 heteroatoms. The molecule has 0 saturated carbocycles. The minimum Gasteiger partial charge on any atom is -0.0654 e. The molecule has 0 nitrogen and oxygen atoms in total. The van der Waals surface area contributed by atoms with Gasteiger partial charge in [0.05, 0.1) is 0 Å². The number of unbranched alkanes of at least 4 members (excludes halogenated alkanes) is 6. The maximum absolute atomic E-state index is 2.27. The third kappa shape index (κ3) is 8.69. The number of rotatable bonds is 8. The van der Waals surface area contributed by atoms with Crippen molar-refractivity contribution in [3.05, 3.63) is 35.9 Å². The van der Waals surface area contributed by atoms with Crippen LogP contribution in [0.2, 0.25) is 0 Å². The van der Waals surface area contributed by atoms with E-state index in [0.717, 1.165) is 0 Å². The molecule has 0 spiro atoms. The van der Waals surface area contributed by atoms with Crippen LogP contribution in [0.4, 0.5) is 0 Å². The molecule has 0 atom stereocenters. The van der Waals surface area contributed by atoms with Crippen molar-refractivity contribution in [3.8, 4) is 0 Å². The van der Waals surface area contributed by atoms with Gasteiger partial charge in [0, 0.05) is 40.8 Å². The molecule has 0 bridgehead atoms. The van der Waals surface area contributed by atoms with Gasteiger partial charge in [0.15, 0.2) is 0 Å². The Hall–Kier alpha value is 0.571. The molecule has 88 valence electrons. The first-order valence-corrected chi connectivity index (χ1v) is 6.47. The van der Waals surface area contributed by atoms with Gasteiger partial charge in [0.2, 0.25) is 0 Å². The largest absolute Gasteiger partial charge is 0.0654 e. The minimum atomic E-state index is 0. The molecule has 1 aromatic carbocycles. The van der Waals surface area contributed by atoms with Crippen LogP contribution in [0.5, 0.6) is 0 Å². The van der Waals surface area contributed by atoms with Crippen LogP contribution < -0.4 is 0 Å². The molecule has 0 radical (unpaired) electrons. The summed E-state index contributed by atoms with van der Waals surface area (Å²) < 4.78 is 0. The first-order valence-electron chi connectivity index (χ1n) is 6.47. The third-order valence-corrected chi connectivity index (χ3v) is 2.91.